The summed E-state index contributed by atoms with van der Waals surface area (Å²) in [5.74, 6) is -0.106. The van der Waals surface area contributed by atoms with Crippen LogP contribution in [0.2, 0.25) is 0 Å². The molecule has 0 heterocycles. The summed E-state index contributed by atoms with van der Waals surface area (Å²) in [6, 6.07) is 16.6. The number of carbonyl (C=O) groups is 2. The van der Waals surface area contributed by atoms with Crippen molar-refractivity contribution in [1.29, 1.82) is 0 Å². The molecule has 0 aliphatic heterocycles. The predicted octanol–water partition coefficient (Wildman–Crippen LogP) is 3.96. The molecule has 0 N–H and O–H groups in total. The van der Waals surface area contributed by atoms with Crippen molar-refractivity contribution < 1.29 is 19.1 Å². The molecule has 0 aliphatic carbocycles. The Hall–Kier alpha value is -2.88. The van der Waals surface area contributed by atoms with Crippen molar-refractivity contribution >= 4 is 11.8 Å². The normalized spacial score (nSPS) is 10.8. The molecule has 0 aliphatic rings. The lowest BCUT2D eigenvalue weighted by molar-refractivity contribution is -0.141. The zero-order valence-corrected chi connectivity index (χ0v) is 13.8. The average Bonchev–Trinajstić information content (AvgIpc) is 2.58. The molecule has 2 rings (SSSR count). The van der Waals surface area contributed by atoms with Crippen molar-refractivity contribution in [2.24, 2.45) is 0 Å². The molecular formula is C20H20O4. The van der Waals surface area contributed by atoms with Crippen LogP contribution in [0, 0.1) is 0 Å². The Kier molecular flexibility index (Phi) is 6.32. The third kappa shape index (κ3) is 5.72. The van der Waals surface area contributed by atoms with Crippen LogP contribution in [0.1, 0.15) is 29.8 Å². The SMILES string of the molecule is CC(C)OC(=O)/C=C/C(=O)c1ccc(OCc2ccccc2)cc1. The molecule has 0 amide bonds. The van der Waals surface area contributed by atoms with Gasteiger partial charge in [-0.25, -0.2) is 4.79 Å². The fourth-order valence-corrected chi connectivity index (χ4v) is 1.97. The summed E-state index contributed by atoms with van der Waals surface area (Å²) < 4.78 is 10.6. The number of rotatable bonds is 7. The van der Waals surface area contributed by atoms with E-state index in [2.05, 4.69) is 0 Å². The van der Waals surface area contributed by atoms with Crippen LogP contribution >= 0.6 is 0 Å². The Bertz CT molecular complexity index is 700. The summed E-state index contributed by atoms with van der Waals surface area (Å²) in [5, 5.41) is 0. The van der Waals surface area contributed by atoms with Crippen molar-refractivity contribution in [2.45, 2.75) is 26.6 Å². The highest BCUT2D eigenvalue weighted by Gasteiger charge is 2.05. The quantitative estimate of drug-likeness (QED) is 0.439. The lowest BCUT2D eigenvalue weighted by Crippen LogP contribution is -2.09. The monoisotopic (exact) mass is 324 g/mol. The van der Waals surface area contributed by atoms with Crippen LogP contribution in [0.4, 0.5) is 0 Å². The molecule has 24 heavy (non-hydrogen) atoms. The standard InChI is InChI=1S/C20H20O4/c1-15(2)24-20(22)13-12-19(21)17-8-10-18(11-9-17)23-14-16-6-4-3-5-7-16/h3-13,15H,14H2,1-2H3/b13-12+. The van der Waals surface area contributed by atoms with Gasteiger partial charge in [-0.2, -0.15) is 0 Å². The Balaban J connectivity index is 1.90. The molecule has 0 spiro atoms. The molecular weight excluding hydrogens is 304 g/mol. The highest BCUT2D eigenvalue weighted by molar-refractivity contribution is 6.07. The summed E-state index contributed by atoms with van der Waals surface area (Å²) in [6.07, 6.45) is 2.14. The van der Waals surface area contributed by atoms with Crippen LogP contribution in [-0.2, 0) is 16.1 Å². The molecule has 0 atom stereocenters. The molecule has 2 aromatic rings. The van der Waals surface area contributed by atoms with Gasteiger partial charge in [-0.15, -0.1) is 0 Å². The second-order valence-electron chi connectivity index (χ2n) is 5.48. The van der Waals surface area contributed by atoms with Crippen LogP contribution in [0.5, 0.6) is 5.75 Å². The highest BCUT2D eigenvalue weighted by Crippen LogP contribution is 2.15. The van der Waals surface area contributed by atoms with E-state index in [0.29, 0.717) is 17.9 Å². The first kappa shape index (κ1) is 17.5. The summed E-state index contributed by atoms with van der Waals surface area (Å²) >= 11 is 0. The molecule has 0 unspecified atom stereocenters. The highest BCUT2D eigenvalue weighted by atomic mass is 16.5. The molecule has 4 nitrogen and oxygen atoms in total. The number of allylic oxidation sites excluding steroid dienone is 1. The fraction of sp³-hybridized carbons (Fsp3) is 0.200. The second-order valence-corrected chi connectivity index (χ2v) is 5.48. The van der Waals surface area contributed by atoms with E-state index < -0.39 is 5.97 Å². The molecule has 0 bridgehead atoms. The van der Waals surface area contributed by atoms with Gasteiger partial charge in [0.15, 0.2) is 5.78 Å². The molecule has 0 aromatic heterocycles. The van der Waals surface area contributed by atoms with E-state index in [1.54, 1.807) is 38.1 Å². The maximum absolute atomic E-state index is 12.0. The number of benzene rings is 2. The fourth-order valence-electron chi connectivity index (χ4n) is 1.97. The Morgan fingerprint density at radius 3 is 2.25 bits per heavy atom. The maximum Gasteiger partial charge on any atom is 0.331 e. The summed E-state index contributed by atoms with van der Waals surface area (Å²) in [6.45, 7) is 3.97. The number of ether oxygens (including phenoxy) is 2. The summed E-state index contributed by atoms with van der Waals surface area (Å²) in [5.41, 5.74) is 1.56. The largest absolute Gasteiger partial charge is 0.489 e. The molecule has 0 saturated carbocycles. The van der Waals surface area contributed by atoms with Crippen LogP contribution in [0.15, 0.2) is 66.7 Å². The van der Waals surface area contributed by atoms with Gasteiger partial charge in [-0.05, 0) is 49.8 Å². The van der Waals surface area contributed by atoms with Crippen LogP contribution in [-0.4, -0.2) is 17.9 Å². The number of hydrogen-bond donors (Lipinski definition) is 0. The van der Waals surface area contributed by atoms with E-state index in [1.165, 1.54) is 6.08 Å². The van der Waals surface area contributed by atoms with Gasteiger partial charge in [0.2, 0.25) is 0 Å². The molecule has 4 heteroatoms. The molecule has 0 fully saturated rings. The van der Waals surface area contributed by atoms with Gasteiger partial charge in [0.1, 0.15) is 12.4 Å². The van der Waals surface area contributed by atoms with Gasteiger partial charge in [0, 0.05) is 11.6 Å². The average molecular weight is 324 g/mol. The lowest BCUT2D eigenvalue weighted by Gasteiger charge is -2.06. The minimum atomic E-state index is -0.527. The van der Waals surface area contributed by atoms with Gasteiger partial charge >= 0.3 is 5.97 Å². The summed E-state index contributed by atoms with van der Waals surface area (Å²) in [7, 11) is 0. The van der Waals surface area contributed by atoms with Gasteiger partial charge in [0.25, 0.3) is 0 Å². The van der Waals surface area contributed by atoms with Gasteiger partial charge in [0.05, 0.1) is 6.10 Å². The number of ketones is 1. The van der Waals surface area contributed by atoms with E-state index in [4.69, 9.17) is 9.47 Å². The van der Waals surface area contributed by atoms with Gasteiger partial charge in [-0.1, -0.05) is 30.3 Å². The first-order valence-electron chi connectivity index (χ1n) is 7.74. The zero-order chi connectivity index (χ0) is 17.4. The van der Waals surface area contributed by atoms with E-state index in [9.17, 15) is 9.59 Å². The minimum absolute atomic E-state index is 0.210. The number of hydrogen-bond acceptors (Lipinski definition) is 4. The third-order valence-electron chi connectivity index (χ3n) is 3.11. The summed E-state index contributed by atoms with van der Waals surface area (Å²) in [4.78, 5) is 23.4. The molecule has 124 valence electrons. The first-order chi connectivity index (χ1) is 11.5. The van der Waals surface area contributed by atoms with E-state index in [-0.39, 0.29) is 11.9 Å². The van der Waals surface area contributed by atoms with Crippen molar-refractivity contribution in [3.63, 3.8) is 0 Å². The van der Waals surface area contributed by atoms with Gasteiger partial charge < -0.3 is 9.47 Å². The van der Waals surface area contributed by atoms with Crippen molar-refractivity contribution in [3.05, 3.63) is 77.9 Å². The van der Waals surface area contributed by atoms with Crippen LogP contribution < -0.4 is 4.74 Å². The minimum Gasteiger partial charge on any atom is -0.489 e. The van der Waals surface area contributed by atoms with Crippen LogP contribution in [0.25, 0.3) is 0 Å². The number of carbonyl (C=O) groups excluding carboxylic acids is 2. The maximum atomic E-state index is 12.0. The van der Waals surface area contributed by atoms with E-state index >= 15 is 0 Å². The predicted molar refractivity (Wildman–Crippen MR) is 91.9 cm³/mol. The van der Waals surface area contributed by atoms with E-state index in [1.807, 2.05) is 30.3 Å². The molecule has 0 radical (unpaired) electrons. The zero-order valence-electron chi connectivity index (χ0n) is 13.8. The second kappa shape index (κ2) is 8.67. The molecule has 2 aromatic carbocycles. The number of esters is 1. The molecule has 0 saturated heterocycles. The third-order valence-corrected chi connectivity index (χ3v) is 3.11. The van der Waals surface area contributed by atoms with Gasteiger partial charge in [-0.3, -0.25) is 4.79 Å². The first-order valence-corrected chi connectivity index (χ1v) is 7.74. The topological polar surface area (TPSA) is 52.6 Å². The van der Waals surface area contributed by atoms with Crippen LogP contribution in [0.3, 0.4) is 0 Å². The van der Waals surface area contributed by atoms with E-state index in [0.717, 1.165) is 11.6 Å². The Morgan fingerprint density at radius 1 is 0.958 bits per heavy atom. The van der Waals surface area contributed by atoms with Crippen molar-refractivity contribution in [3.8, 4) is 5.75 Å². The van der Waals surface area contributed by atoms with Crippen molar-refractivity contribution in [2.75, 3.05) is 0 Å². The smallest absolute Gasteiger partial charge is 0.331 e. The van der Waals surface area contributed by atoms with Crippen molar-refractivity contribution in [1.82, 2.24) is 0 Å². The Morgan fingerprint density at radius 2 is 1.62 bits per heavy atom. The lowest BCUT2D eigenvalue weighted by atomic mass is 10.1. The Labute approximate surface area is 141 Å².